The maximum atomic E-state index is 1.56. The molecule has 2 bridgehead atoms. The van der Waals surface area contributed by atoms with E-state index < -0.39 is 0 Å². The Labute approximate surface area is 81.7 Å². The lowest BCUT2D eigenvalue weighted by atomic mass is 9.76. The van der Waals surface area contributed by atoms with Crippen molar-refractivity contribution < 1.29 is 4.48 Å². The maximum absolute atomic E-state index is 1.56. The molecule has 0 aromatic heterocycles. The van der Waals surface area contributed by atoms with Crippen molar-refractivity contribution in [1.82, 2.24) is 0 Å². The zero-order valence-electron chi connectivity index (χ0n) is 8.67. The predicted octanol–water partition coefficient (Wildman–Crippen LogP) is 2.56. The number of quaternary nitrogens is 1. The number of rotatable bonds is 0. The molecule has 0 aromatic rings. The van der Waals surface area contributed by atoms with E-state index in [1.807, 2.05) is 0 Å². The van der Waals surface area contributed by atoms with Gasteiger partial charge in [-0.15, -0.1) is 0 Å². The maximum Gasteiger partial charge on any atom is 0.0890 e. The average Bonchev–Trinajstić information content (AvgIpc) is 2.20. The first-order valence-electron chi connectivity index (χ1n) is 6.25. The fraction of sp³-hybridized carbons (Fsp3) is 1.00. The molecular formula is C12H22N+. The molecule has 3 saturated heterocycles. The van der Waals surface area contributed by atoms with Crippen molar-refractivity contribution in [2.24, 2.45) is 5.92 Å². The Morgan fingerprint density at radius 2 is 1.46 bits per heavy atom. The summed E-state index contributed by atoms with van der Waals surface area (Å²) in [5.74, 6) is 1.11. The monoisotopic (exact) mass is 180 g/mol. The van der Waals surface area contributed by atoms with Gasteiger partial charge in [-0.25, -0.2) is 0 Å². The lowest BCUT2D eigenvalue weighted by Crippen LogP contribution is -2.64. The van der Waals surface area contributed by atoms with Crippen LogP contribution in [-0.4, -0.2) is 30.2 Å². The van der Waals surface area contributed by atoms with Crippen LogP contribution in [0.5, 0.6) is 0 Å². The van der Waals surface area contributed by atoms with Crippen LogP contribution in [0.3, 0.4) is 0 Å². The summed E-state index contributed by atoms with van der Waals surface area (Å²) in [4.78, 5) is 0. The van der Waals surface area contributed by atoms with E-state index in [9.17, 15) is 0 Å². The Balaban J connectivity index is 1.81. The van der Waals surface area contributed by atoms with Crippen molar-refractivity contribution in [1.29, 1.82) is 0 Å². The Morgan fingerprint density at radius 3 is 2.00 bits per heavy atom. The van der Waals surface area contributed by atoms with Gasteiger partial charge in [0.05, 0.1) is 25.7 Å². The first-order valence-corrected chi connectivity index (χ1v) is 6.25. The second kappa shape index (κ2) is 2.98. The minimum absolute atomic E-state index is 1.09. The summed E-state index contributed by atoms with van der Waals surface area (Å²) in [7, 11) is 0. The fourth-order valence-corrected chi connectivity index (χ4v) is 4.23. The largest absolute Gasteiger partial charge is 0.321 e. The molecule has 3 aliphatic heterocycles. The van der Waals surface area contributed by atoms with Gasteiger partial charge in [-0.3, -0.25) is 0 Å². The minimum Gasteiger partial charge on any atom is -0.321 e. The third-order valence-corrected chi connectivity index (χ3v) is 4.92. The standard InChI is InChI=1S/C12H22N/c1-2-8-13(9-3-1)10-11-4-6-12(13)7-5-11/h11-12H,1-10H2/q+1. The Kier molecular flexibility index (Phi) is 1.90. The fourth-order valence-electron chi connectivity index (χ4n) is 4.23. The number of hydrogen-bond acceptors (Lipinski definition) is 0. The van der Waals surface area contributed by atoms with E-state index in [0.29, 0.717) is 0 Å². The first kappa shape index (κ1) is 8.28. The molecule has 0 N–H and O–H groups in total. The molecule has 0 aromatic carbocycles. The quantitative estimate of drug-likeness (QED) is 0.503. The van der Waals surface area contributed by atoms with Crippen molar-refractivity contribution in [3.8, 4) is 0 Å². The van der Waals surface area contributed by atoms with Crippen LogP contribution in [-0.2, 0) is 0 Å². The third kappa shape index (κ3) is 1.24. The second-order valence-electron chi connectivity index (χ2n) is 5.58. The van der Waals surface area contributed by atoms with Crippen molar-refractivity contribution in [2.45, 2.75) is 51.0 Å². The topological polar surface area (TPSA) is 0 Å². The minimum atomic E-state index is 1.09. The second-order valence-corrected chi connectivity index (χ2v) is 5.58. The average molecular weight is 180 g/mol. The van der Waals surface area contributed by atoms with E-state index in [0.717, 1.165) is 12.0 Å². The zero-order valence-corrected chi connectivity index (χ0v) is 8.67. The lowest BCUT2D eigenvalue weighted by Gasteiger charge is -2.55. The van der Waals surface area contributed by atoms with Crippen LogP contribution >= 0.6 is 0 Å². The summed E-state index contributed by atoms with van der Waals surface area (Å²) in [5, 5.41) is 0. The summed E-state index contributed by atoms with van der Waals surface area (Å²) >= 11 is 0. The Bertz CT molecular complexity index is 185. The van der Waals surface area contributed by atoms with Gasteiger partial charge in [0.25, 0.3) is 0 Å². The first-order chi connectivity index (χ1) is 6.39. The molecule has 4 fully saturated rings. The van der Waals surface area contributed by atoms with E-state index in [1.165, 1.54) is 32.4 Å². The highest BCUT2D eigenvalue weighted by atomic mass is 15.4. The van der Waals surface area contributed by atoms with E-state index >= 15 is 0 Å². The molecule has 1 heteroatoms. The van der Waals surface area contributed by atoms with Gasteiger partial charge in [0.15, 0.2) is 0 Å². The Morgan fingerprint density at radius 1 is 0.769 bits per heavy atom. The van der Waals surface area contributed by atoms with Crippen LogP contribution in [0.1, 0.15) is 44.9 Å². The molecule has 3 heterocycles. The van der Waals surface area contributed by atoms with Gasteiger partial charge in [0, 0.05) is 5.92 Å². The molecule has 1 nitrogen and oxygen atoms in total. The van der Waals surface area contributed by atoms with E-state index in [4.69, 9.17) is 0 Å². The highest BCUT2D eigenvalue weighted by molar-refractivity contribution is 4.81. The summed E-state index contributed by atoms with van der Waals surface area (Å²) in [6, 6.07) is 1.09. The molecule has 74 valence electrons. The van der Waals surface area contributed by atoms with Crippen LogP contribution < -0.4 is 0 Å². The van der Waals surface area contributed by atoms with Crippen molar-refractivity contribution in [2.75, 3.05) is 19.6 Å². The number of nitrogens with zero attached hydrogens (tertiary/aromatic N) is 1. The van der Waals surface area contributed by atoms with Gasteiger partial charge in [-0.2, -0.15) is 0 Å². The molecule has 1 spiro atoms. The third-order valence-electron chi connectivity index (χ3n) is 4.92. The van der Waals surface area contributed by atoms with Gasteiger partial charge in [-0.1, -0.05) is 0 Å². The summed E-state index contributed by atoms with van der Waals surface area (Å²) in [5.41, 5.74) is 0. The van der Waals surface area contributed by atoms with Crippen LogP contribution in [0.4, 0.5) is 0 Å². The lowest BCUT2D eigenvalue weighted by molar-refractivity contribution is -0.968. The summed E-state index contributed by atoms with van der Waals surface area (Å²) < 4.78 is 1.56. The molecule has 0 radical (unpaired) electrons. The van der Waals surface area contributed by atoms with E-state index in [1.54, 1.807) is 36.7 Å². The number of piperidine rings is 3. The van der Waals surface area contributed by atoms with E-state index in [-0.39, 0.29) is 0 Å². The normalized spacial score (nSPS) is 42.5. The van der Waals surface area contributed by atoms with Crippen molar-refractivity contribution in [3.63, 3.8) is 0 Å². The van der Waals surface area contributed by atoms with Gasteiger partial charge in [0.1, 0.15) is 0 Å². The molecule has 0 amide bonds. The number of fused-ring (bicyclic) bond motifs is 2. The van der Waals surface area contributed by atoms with Crippen molar-refractivity contribution >= 4 is 0 Å². The van der Waals surface area contributed by atoms with Crippen LogP contribution in [0.25, 0.3) is 0 Å². The highest BCUT2D eigenvalue weighted by Gasteiger charge is 2.46. The van der Waals surface area contributed by atoms with Crippen LogP contribution in [0, 0.1) is 5.92 Å². The van der Waals surface area contributed by atoms with Gasteiger partial charge in [0.2, 0.25) is 0 Å². The SMILES string of the molecule is C1CC[N+]2(CC1)CC1CCC2CC1. The summed E-state index contributed by atoms with van der Waals surface area (Å²) in [6.45, 7) is 4.62. The van der Waals surface area contributed by atoms with E-state index in [2.05, 4.69) is 0 Å². The molecule has 13 heavy (non-hydrogen) atoms. The smallest absolute Gasteiger partial charge is 0.0890 e. The van der Waals surface area contributed by atoms with Gasteiger partial charge in [-0.05, 0) is 44.9 Å². The zero-order chi connectivity index (χ0) is 8.73. The van der Waals surface area contributed by atoms with Crippen molar-refractivity contribution in [3.05, 3.63) is 0 Å². The van der Waals surface area contributed by atoms with Crippen LogP contribution in [0.2, 0.25) is 0 Å². The molecular weight excluding hydrogens is 158 g/mol. The number of hydrogen-bond donors (Lipinski definition) is 0. The Hall–Kier alpha value is -0.0400. The molecule has 4 aliphatic rings. The molecule has 1 saturated carbocycles. The van der Waals surface area contributed by atoms with Gasteiger partial charge < -0.3 is 4.48 Å². The molecule has 0 unspecified atom stereocenters. The predicted molar refractivity (Wildman–Crippen MR) is 54.5 cm³/mol. The van der Waals surface area contributed by atoms with Crippen LogP contribution in [0.15, 0.2) is 0 Å². The highest BCUT2D eigenvalue weighted by Crippen LogP contribution is 2.42. The summed E-state index contributed by atoms with van der Waals surface area (Å²) in [6.07, 6.45) is 10.8. The van der Waals surface area contributed by atoms with Gasteiger partial charge >= 0.3 is 0 Å². The molecule has 1 aliphatic carbocycles. The molecule has 0 atom stereocenters. The molecule has 4 rings (SSSR count).